The monoisotopic (exact) mass is 329 g/mol. The fourth-order valence-electron chi connectivity index (χ4n) is 2.07. The zero-order valence-electron chi connectivity index (χ0n) is 11.2. The molecule has 18 heavy (non-hydrogen) atoms. The molecule has 0 aromatic carbocycles. The van der Waals surface area contributed by atoms with Crippen molar-refractivity contribution in [1.29, 1.82) is 0 Å². The van der Waals surface area contributed by atoms with E-state index < -0.39 is 0 Å². The molecule has 1 unspecified atom stereocenters. The molecule has 0 aliphatic carbocycles. The molecule has 1 aromatic heterocycles. The van der Waals surface area contributed by atoms with E-state index in [9.17, 15) is 0 Å². The minimum absolute atomic E-state index is 0.407. The molecule has 2 rings (SSSR count). The topological polar surface area (TPSA) is 37.8 Å². The number of nitrogens with one attached hydrogen (secondary N) is 1. The fraction of sp³-hybridized carbons (Fsp3) is 0.692. The Morgan fingerprint density at radius 3 is 2.78 bits per heavy atom. The van der Waals surface area contributed by atoms with E-state index >= 15 is 0 Å². The van der Waals surface area contributed by atoms with E-state index in [1.165, 1.54) is 18.6 Å². The summed E-state index contributed by atoms with van der Waals surface area (Å²) in [6.45, 7) is 7.32. The molecule has 0 saturated carbocycles. The van der Waals surface area contributed by atoms with Crippen LogP contribution in [0.2, 0.25) is 0 Å². The molecule has 100 valence electrons. The highest BCUT2D eigenvalue weighted by Gasteiger charge is 2.23. The van der Waals surface area contributed by atoms with E-state index in [4.69, 9.17) is 9.97 Å². The molecule has 1 N–H and O–H groups in total. The van der Waals surface area contributed by atoms with E-state index in [1.54, 1.807) is 0 Å². The highest BCUT2D eigenvalue weighted by atomic mass is 79.9. The standard InChI is InChI=1S/C13H20BrN3S/c1-4-15-13-10(14)11(8(2)3)16-12(17-13)9-6-5-7-18-9/h8-9H,4-7H2,1-3H3,(H,15,16,17). The van der Waals surface area contributed by atoms with Gasteiger partial charge in [-0.15, -0.1) is 0 Å². The van der Waals surface area contributed by atoms with E-state index in [-0.39, 0.29) is 0 Å². The van der Waals surface area contributed by atoms with Crippen LogP contribution in [-0.4, -0.2) is 22.3 Å². The normalized spacial score (nSPS) is 19.5. The van der Waals surface area contributed by atoms with E-state index in [0.717, 1.165) is 28.4 Å². The predicted octanol–water partition coefficient (Wildman–Crippen LogP) is 4.36. The van der Waals surface area contributed by atoms with Gasteiger partial charge in [-0.25, -0.2) is 9.97 Å². The lowest BCUT2D eigenvalue weighted by Crippen LogP contribution is -2.10. The lowest BCUT2D eigenvalue weighted by molar-refractivity contribution is 0.736. The Bertz CT molecular complexity index is 417. The number of thioether (sulfide) groups is 1. The summed E-state index contributed by atoms with van der Waals surface area (Å²) >= 11 is 5.61. The second-order valence-electron chi connectivity index (χ2n) is 4.82. The first-order valence-electron chi connectivity index (χ1n) is 6.56. The van der Waals surface area contributed by atoms with Gasteiger partial charge in [-0.05, 0) is 47.4 Å². The van der Waals surface area contributed by atoms with Crippen molar-refractivity contribution < 1.29 is 0 Å². The van der Waals surface area contributed by atoms with E-state index in [2.05, 4.69) is 42.0 Å². The highest BCUT2D eigenvalue weighted by Crippen LogP contribution is 2.40. The Balaban J connectivity index is 2.40. The maximum atomic E-state index is 4.78. The third kappa shape index (κ3) is 2.99. The van der Waals surface area contributed by atoms with Crippen LogP contribution in [0.5, 0.6) is 0 Å². The number of rotatable bonds is 4. The lowest BCUT2D eigenvalue weighted by atomic mass is 10.1. The van der Waals surface area contributed by atoms with Crippen molar-refractivity contribution in [2.45, 2.75) is 44.8 Å². The molecule has 1 atom stereocenters. The van der Waals surface area contributed by atoms with Crippen LogP contribution in [0.4, 0.5) is 5.82 Å². The maximum absolute atomic E-state index is 4.78. The van der Waals surface area contributed by atoms with Crippen LogP contribution >= 0.6 is 27.7 Å². The molecule has 0 radical (unpaired) electrons. The number of hydrogen-bond donors (Lipinski definition) is 1. The molecule has 1 aliphatic heterocycles. The number of anilines is 1. The van der Waals surface area contributed by atoms with Crippen molar-refractivity contribution >= 4 is 33.5 Å². The largest absolute Gasteiger partial charge is 0.369 e. The van der Waals surface area contributed by atoms with Gasteiger partial charge in [-0.3, -0.25) is 0 Å². The van der Waals surface area contributed by atoms with Gasteiger partial charge >= 0.3 is 0 Å². The van der Waals surface area contributed by atoms with E-state index in [0.29, 0.717) is 11.2 Å². The summed E-state index contributed by atoms with van der Waals surface area (Å²) in [7, 11) is 0. The van der Waals surface area contributed by atoms with Gasteiger partial charge < -0.3 is 5.32 Å². The minimum atomic E-state index is 0.407. The summed E-state index contributed by atoms with van der Waals surface area (Å²) in [6, 6.07) is 0. The second-order valence-corrected chi connectivity index (χ2v) is 6.92. The summed E-state index contributed by atoms with van der Waals surface area (Å²) in [4.78, 5) is 9.48. The Hall–Kier alpha value is -0.290. The SMILES string of the molecule is CCNc1nc(C2CCCS2)nc(C(C)C)c1Br. The number of aromatic nitrogens is 2. The third-order valence-electron chi connectivity index (χ3n) is 3.00. The van der Waals surface area contributed by atoms with Crippen molar-refractivity contribution in [3.63, 3.8) is 0 Å². The molecule has 1 aromatic rings. The maximum Gasteiger partial charge on any atom is 0.144 e. The van der Waals surface area contributed by atoms with Gasteiger partial charge in [0.1, 0.15) is 11.6 Å². The average molecular weight is 330 g/mol. The van der Waals surface area contributed by atoms with Crippen LogP contribution in [0.3, 0.4) is 0 Å². The van der Waals surface area contributed by atoms with Gasteiger partial charge in [-0.2, -0.15) is 11.8 Å². The summed E-state index contributed by atoms with van der Waals surface area (Å²) in [5, 5.41) is 3.81. The van der Waals surface area contributed by atoms with Crippen LogP contribution in [0.25, 0.3) is 0 Å². The van der Waals surface area contributed by atoms with Gasteiger partial charge in [0.25, 0.3) is 0 Å². The zero-order valence-corrected chi connectivity index (χ0v) is 13.6. The van der Waals surface area contributed by atoms with Gasteiger partial charge in [-0.1, -0.05) is 13.8 Å². The first kappa shape index (κ1) is 14.1. The van der Waals surface area contributed by atoms with Crippen molar-refractivity contribution in [1.82, 2.24) is 9.97 Å². The predicted molar refractivity (Wildman–Crippen MR) is 82.4 cm³/mol. The molecule has 3 nitrogen and oxygen atoms in total. The molecule has 5 heteroatoms. The molecular formula is C13H20BrN3S. The molecule has 2 heterocycles. The van der Waals surface area contributed by atoms with Crippen LogP contribution in [0.15, 0.2) is 4.47 Å². The van der Waals surface area contributed by atoms with Crippen molar-refractivity contribution in [3.05, 3.63) is 16.0 Å². The summed E-state index contributed by atoms with van der Waals surface area (Å²) in [5.74, 6) is 3.58. The number of hydrogen-bond acceptors (Lipinski definition) is 4. The van der Waals surface area contributed by atoms with Gasteiger partial charge in [0.2, 0.25) is 0 Å². The molecule has 0 bridgehead atoms. The zero-order chi connectivity index (χ0) is 13.1. The minimum Gasteiger partial charge on any atom is -0.369 e. The quantitative estimate of drug-likeness (QED) is 0.890. The summed E-state index contributed by atoms with van der Waals surface area (Å²) in [6.07, 6.45) is 2.48. The van der Waals surface area contributed by atoms with Gasteiger partial charge in [0.15, 0.2) is 0 Å². The van der Waals surface area contributed by atoms with Crippen LogP contribution in [-0.2, 0) is 0 Å². The third-order valence-corrected chi connectivity index (χ3v) is 5.16. The second kappa shape index (κ2) is 6.24. The van der Waals surface area contributed by atoms with E-state index in [1.807, 2.05) is 11.8 Å². The Kier molecular flexibility index (Phi) is 4.90. The van der Waals surface area contributed by atoms with Gasteiger partial charge in [0, 0.05) is 6.54 Å². The number of nitrogens with zero attached hydrogens (tertiary/aromatic N) is 2. The van der Waals surface area contributed by atoms with Crippen molar-refractivity contribution in [2.24, 2.45) is 0 Å². The smallest absolute Gasteiger partial charge is 0.144 e. The Morgan fingerprint density at radius 1 is 1.44 bits per heavy atom. The van der Waals surface area contributed by atoms with Crippen molar-refractivity contribution in [2.75, 3.05) is 17.6 Å². The van der Waals surface area contributed by atoms with Crippen LogP contribution < -0.4 is 5.32 Å². The average Bonchev–Trinajstić information content (AvgIpc) is 2.85. The molecular weight excluding hydrogens is 310 g/mol. The number of halogens is 1. The molecule has 1 fully saturated rings. The first-order chi connectivity index (χ1) is 8.63. The molecule has 0 spiro atoms. The van der Waals surface area contributed by atoms with Crippen LogP contribution in [0.1, 0.15) is 56.3 Å². The Morgan fingerprint density at radius 2 is 2.22 bits per heavy atom. The van der Waals surface area contributed by atoms with Crippen molar-refractivity contribution in [3.8, 4) is 0 Å². The first-order valence-corrected chi connectivity index (χ1v) is 8.40. The summed E-state index contributed by atoms with van der Waals surface area (Å²) in [5.41, 5.74) is 1.11. The molecule has 0 amide bonds. The Labute approximate surface area is 122 Å². The highest BCUT2D eigenvalue weighted by molar-refractivity contribution is 9.10. The van der Waals surface area contributed by atoms with Crippen LogP contribution in [0, 0.1) is 0 Å². The molecule has 1 saturated heterocycles. The summed E-state index contributed by atoms with van der Waals surface area (Å²) < 4.78 is 1.02. The molecule has 1 aliphatic rings. The fourth-order valence-corrected chi connectivity index (χ4v) is 4.06. The lowest BCUT2D eigenvalue weighted by Gasteiger charge is -2.16. The van der Waals surface area contributed by atoms with Gasteiger partial charge in [0.05, 0.1) is 15.4 Å².